The molecule has 1 saturated carbocycles. The Bertz CT molecular complexity index is 485. The van der Waals surface area contributed by atoms with Crippen molar-refractivity contribution in [1.29, 1.82) is 0 Å². The summed E-state index contributed by atoms with van der Waals surface area (Å²) >= 11 is 6.02. The van der Waals surface area contributed by atoms with E-state index in [1.54, 1.807) is 12.1 Å². The molecule has 1 spiro atoms. The van der Waals surface area contributed by atoms with Crippen molar-refractivity contribution in [2.24, 2.45) is 0 Å². The zero-order valence-electron chi connectivity index (χ0n) is 12.0. The van der Waals surface area contributed by atoms with Crippen molar-refractivity contribution in [2.75, 3.05) is 13.1 Å². The summed E-state index contributed by atoms with van der Waals surface area (Å²) in [6, 6.07) is 5.33. The summed E-state index contributed by atoms with van der Waals surface area (Å²) in [5, 5.41) is 4.21. The quantitative estimate of drug-likeness (QED) is 0.897. The Kier molecular flexibility index (Phi) is 4.02. The lowest BCUT2D eigenvalue weighted by molar-refractivity contribution is 0.0384. The van der Waals surface area contributed by atoms with Gasteiger partial charge in [-0.15, -0.1) is 0 Å². The molecule has 0 aromatic heterocycles. The van der Waals surface area contributed by atoms with Crippen LogP contribution in [0.1, 0.15) is 38.2 Å². The van der Waals surface area contributed by atoms with E-state index in [1.165, 1.54) is 31.7 Å². The van der Waals surface area contributed by atoms with Crippen LogP contribution in [0.25, 0.3) is 0 Å². The average molecular weight is 297 g/mol. The van der Waals surface area contributed by atoms with Crippen molar-refractivity contribution < 1.29 is 4.39 Å². The summed E-state index contributed by atoms with van der Waals surface area (Å²) in [4.78, 5) is 2.48. The third-order valence-electron chi connectivity index (χ3n) is 4.85. The van der Waals surface area contributed by atoms with Gasteiger partial charge in [0.2, 0.25) is 0 Å². The average Bonchev–Trinajstić information content (AvgIpc) is 2.88. The van der Waals surface area contributed by atoms with Gasteiger partial charge in [-0.3, -0.25) is 4.90 Å². The Balaban J connectivity index is 1.84. The van der Waals surface area contributed by atoms with Gasteiger partial charge in [-0.25, -0.2) is 4.39 Å². The molecule has 20 heavy (non-hydrogen) atoms. The van der Waals surface area contributed by atoms with E-state index in [0.717, 1.165) is 18.7 Å². The van der Waals surface area contributed by atoms with Gasteiger partial charge in [0.05, 0.1) is 0 Å². The van der Waals surface area contributed by atoms with Gasteiger partial charge in [0.1, 0.15) is 5.82 Å². The summed E-state index contributed by atoms with van der Waals surface area (Å²) in [5.74, 6) is -0.145. The SMILES string of the molecule is CC1CN(Cc2cc(Cl)ccc2F)C2(CCCC2)CN1. The van der Waals surface area contributed by atoms with Crippen LogP contribution in [-0.4, -0.2) is 29.6 Å². The smallest absolute Gasteiger partial charge is 0.127 e. The summed E-state index contributed by atoms with van der Waals surface area (Å²) in [5.41, 5.74) is 0.944. The first-order valence-corrected chi connectivity index (χ1v) is 7.89. The molecule has 1 aromatic carbocycles. The minimum absolute atomic E-state index is 0.145. The molecule has 1 aliphatic heterocycles. The maximum atomic E-state index is 14.0. The van der Waals surface area contributed by atoms with E-state index < -0.39 is 0 Å². The summed E-state index contributed by atoms with van der Waals surface area (Å²) in [7, 11) is 0. The highest BCUT2D eigenvalue weighted by atomic mass is 35.5. The van der Waals surface area contributed by atoms with Crippen molar-refractivity contribution in [3.05, 3.63) is 34.6 Å². The maximum Gasteiger partial charge on any atom is 0.127 e. The third-order valence-corrected chi connectivity index (χ3v) is 5.08. The second-order valence-electron chi connectivity index (χ2n) is 6.33. The minimum atomic E-state index is -0.145. The lowest BCUT2D eigenvalue weighted by Crippen LogP contribution is -2.62. The molecule has 2 nitrogen and oxygen atoms in total. The van der Waals surface area contributed by atoms with Crippen molar-refractivity contribution in [3.8, 4) is 0 Å². The number of nitrogens with zero attached hydrogens (tertiary/aromatic N) is 1. The van der Waals surface area contributed by atoms with Gasteiger partial charge in [0, 0.05) is 41.8 Å². The fraction of sp³-hybridized carbons (Fsp3) is 0.625. The number of hydrogen-bond donors (Lipinski definition) is 1. The highest BCUT2D eigenvalue weighted by Gasteiger charge is 2.42. The lowest BCUT2D eigenvalue weighted by Gasteiger charge is -2.48. The van der Waals surface area contributed by atoms with Gasteiger partial charge in [-0.2, -0.15) is 0 Å². The van der Waals surface area contributed by atoms with Crippen LogP contribution in [0.15, 0.2) is 18.2 Å². The summed E-state index contributed by atoms with van der Waals surface area (Å²) < 4.78 is 14.0. The second-order valence-corrected chi connectivity index (χ2v) is 6.77. The van der Waals surface area contributed by atoms with Gasteiger partial charge >= 0.3 is 0 Å². The molecule has 1 atom stereocenters. The van der Waals surface area contributed by atoms with Crippen LogP contribution >= 0.6 is 11.6 Å². The second kappa shape index (κ2) is 5.63. The van der Waals surface area contributed by atoms with Gasteiger partial charge in [-0.05, 0) is 38.0 Å². The Morgan fingerprint density at radius 3 is 2.90 bits per heavy atom. The topological polar surface area (TPSA) is 15.3 Å². The molecular formula is C16H22ClFN2. The Hall–Kier alpha value is -0.640. The Labute approximate surface area is 125 Å². The Morgan fingerprint density at radius 2 is 2.15 bits per heavy atom. The molecule has 110 valence electrons. The normalized spacial score (nSPS) is 26.2. The third kappa shape index (κ3) is 2.72. The molecule has 0 radical (unpaired) electrons. The number of nitrogens with one attached hydrogen (secondary N) is 1. The molecule has 4 heteroatoms. The largest absolute Gasteiger partial charge is 0.311 e. The number of rotatable bonds is 2. The van der Waals surface area contributed by atoms with Crippen molar-refractivity contribution in [2.45, 2.75) is 50.7 Å². The fourth-order valence-corrected chi connectivity index (χ4v) is 3.89. The molecule has 2 aliphatic rings. The van der Waals surface area contributed by atoms with Crippen LogP contribution in [0.4, 0.5) is 4.39 Å². The fourth-order valence-electron chi connectivity index (χ4n) is 3.69. The summed E-state index contributed by atoms with van der Waals surface area (Å²) in [6.45, 7) is 4.86. The van der Waals surface area contributed by atoms with Gasteiger partial charge in [0.15, 0.2) is 0 Å². The van der Waals surface area contributed by atoms with Gasteiger partial charge < -0.3 is 5.32 Å². The van der Waals surface area contributed by atoms with E-state index in [1.807, 2.05) is 0 Å². The zero-order valence-corrected chi connectivity index (χ0v) is 12.7. The molecule has 0 bridgehead atoms. The molecular weight excluding hydrogens is 275 g/mol. The molecule has 1 unspecified atom stereocenters. The molecule has 1 heterocycles. The first-order valence-electron chi connectivity index (χ1n) is 7.51. The van der Waals surface area contributed by atoms with Crippen LogP contribution in [-0.2, 0) is 6.54 Å². The minimum Gasteiger partial charge on any atom is -0.311 e. The number of benzene rings is 1. The van der Waals surface area contributed by atoms with Crippen LogP contribution in [0.2, 0.25) is 5.02 Å². The van der Waals surface area contributed by atoms with E-state index in [9.17, 15) is 4.39 Å². The number of piperazine rings is 1. The van der Waals surface area contributed by atoms with Crippen LogP contribution in [0.3, 0.4) is 0 Å². The van der Waals surface area contributed by atoms with E-state index in [0.29, 0.717) is 17.6 Å². The van der Waals surface area contributed by atoms with E-state index in [4.69, 9.17) is 11.6 Å². The van der Waals surface area contributed by atoms with E-state index >= 15 is 0 Å². The Morgan fingerprint density at radius 1 is 1.40 bits per heavy atom. The molecule has 0 amide bonds. The highest BCUT2D eigenvalue weighted by Crippen LogP contribution is 2.38. The predicted octanol–water partition coefficient (Wildman–Crippen LogP) is 3.59. The lowest BCUT2D eigenvalue weighted by atomic mass is 9.90. The number of hydrogen-bond acceptors (Lipinski definition) is 2. The molecule has 1 aliphatic carbocycles. The van der Waals surface area contributed by atoms with Gasteiger partial charge in [-0.1, -0.05) is 24.4 Å². The van der Waals surface area contributed by atoms with Crippen molar-refractivity contribution >= 4 is 11.6 Å². The zero-order chi connectivity index (χ0) is 14.2. The standard InChI is InChI=1S/C16H22ClFN2/c1-12-9-20(16(11-19-12)6-2-3-7-16)10-13-8-14(17)4-5-15(13)18/h4-5,8,12,19H,2-3,6-7,9-11H2,1H3. The van der Waals surface area contributed by atoms with Crippen molar-refractivity contribution in [3.63, 3.8) is 0 Å². The van der Waals surface area contributed by atoms with Crippen LogP contribution in [0.5, 0.6) is 0 Å². The molecule has 1 saturated heterocycles. The van der Waals surface area contributed by atoms with Crippen LogP contribution in [0, 0.1) is 5.82 Å². The van der Waals surface area contributed by atoms with Crippen LogP contribution < -0.4 is 5.32 Å². The van der Waals surface area contributed by atoms with E-state index in [2.05, 4.69) is 17.1 Å². The predicted molar refractivity (Wildman–Crippen MR) is 80.5 cm³/mol. The first-order chi connectivity index (χ1) is 9.59. The van der Waals surface area contributed by atoms with E-state index in [-0.39, 0.29) is 11.4 Å². The van der Waals surface area contributed by atoms with Crippen molar-refractivity contribution in [1.82, 2.24) is 10.2 Å². The van der Waals surface area contributed by atoms with Gasteiger partial charge in [0.25, 0.3) is 0 Å². The number of halogens is 2. The molecule has 1 N–H and O–H groups in total. The monoisotopic (exact) mass is 296 g/mol. The highest BCUT2D eigenvalue weighted by molar-refractivity contribution is 6.30. The molecule has 1 aromatic rings. The maximum absolute atomic E-state index is 14.0. The molecule has 3 rings (SSSR count). The first kappa shape index (κ1) is 14.3. The molecule has 2 fully saturated rings. The summed E-state index contributed by atoms with van der Waals surface area (Å²) in [6.07, 6.45) is 5.00.